The van der Waals surface area contributed by atoms with Crippen LogP contribution in [0, 0.1) is 6.92 Å². The van der Waals surface area contributed by atoms with Crippen molar-refractivity contribution >= 4 is 16.9 Å². The predicted octanol–water partition coefficient (Wildman–Crippen LogP) is 7.03. The standard InChI is InChI=1S/C34H27N3O2/c1-24-22-25(20-21-35-24)32-30-23-26(33(38)39-2)18-19-31(30)37(36-32)34(27-12-6-3-7-13-27,28-14-8-4-9-15-28)29-16-10-5-11-17-29/h3-23H,1-2H3. The number of carbonyl (C=O) groups is 1. The lowest BCUT2D eigenvalue weighted by molar-refractivity contribution is 0.0601. The highest BCUT2D eigenvalue weighted by molar-refractivity contribution is 6.00. The number of hydrogen-bond acceptors (Lipinski definition) is 4. The van der Waals surface area contributed by atoms with E-state index in [-0.39, 0.29) is 5.97 Å². The van der Waals surface area contributed by atoms with E-state index >= 15 is 0 Å². The van der Waals surface area contributed by atoms with Crippen molar-refractivity contribution in [2.75, 3.05) is 7.11 Å². The average molecular weight is 510 g/mol. The first-order valence-corrected chi connectivity index (χ1v) is 12.8. The van der Waals surface area contributed by atoms with Crippen LogP contribution < -0.4 is 0 Å². The molecule has 0 bridgehead atoms. The largest absolute Gasteiger partial charge is 0.465 e. The normalized spacial score (nSPS) is 11.4. The molecule has 6 aromatic rings. The smallest absolute Gasteiger partial charge is 0.337 e. The summed E-state index contributed by atoms with van der Waals surface area (Å²) in [5.74, 6) is -0.387. The van der Waals surface area contributed by atoms with Crippen LogP contribution in [0.2, 0.25) is 0 Å². The van der Waals surface area contributed by atoms with Crippen LogP contribution in [0.5, 0.6) is 0 Å². The number of methoxy groups -OCH3 is 1. The molecule has 0 N–H and O–H groups in total. The van der Waals surface area contributed by atoms with Crippen LogP contribution in [0.1, 0.15) is 32.7 Å². The van der Waals surface area contributed by atoms with Crippen LogP contribution >= 0.6 is 0 Å². The number of hydrogen-bond donors (Lipinski definition) is 0. The van der Waals surface area contributed by atoms with Gasteiger partial charge in [-0.05, 0) is 53.9 Å². The molecule has 0 saturated carbocycles. The number of aryl methyl sites for hydroxylation is 1. The Morgan fingerprint density at radius 1 is 0.744 bits per heavy atom. The minimum absolute atomic E-state index is 0.387. The zero-order chi connectivity index (χ0) is 26.8. The van der Waals surface area contributed by atoms with Crippen LogP contribution in [-0.2, 0) is 10.3 Å². The monoisotopic (exact) mass is 509 g/mol. The number of rotatable bonds is 6. The van der Waals surface area contributed by atoms with Crippen LogP contribution in [0.15, 0.2) is 128 Å². The van der Waals surface area contributed by atoms with Gasteiger partial charge in [-0.25, -0.2) is 9.48 Å². The molecule has 5 heteroatoms. The van der Waals surface area contributed by atoms with Crippen LogP contribution in [0.25, 0.3) is 22.2 Å². The third kappa shape index (κ3) is 4.09. The lowest BCUT2D eigenvalue weighted by Gasteiger charge is -2.37. The summed E-state index contributed by atoms with van der Waals surface area (Å²) in [5, 5.41) is 6.22. The van der Waals surface area contributed by atoms with E-state index in [4.69, 9.17) is 9.84 Å². The van der Waals surface area contributed by atoms with Gasteiger partial charge in [0.1, 0.15) is 11.2 Å². The first kappa shape index (κ1) is 24.3. The number of aromatic nitrogens is 3. The molecule has 4 aromatic carbocycles. The van der Waals surface area contributed by atoms with E-state index in [1.54, 1.807) is 12.3 Å². The second kappa shape index (κ2) is 10.0. The van der Waals surface area contributed by atoms with Gasteiger partial charge < -0.3 is 4.74 Å². The van der Waals surface area contributed by atoms with Gasteiger partial charge in [0.25, 0.3) is 0 Å². The molecule has 2 aromatic heterocycles. The molecule has 0 aliphatic rings. The third-order valence-corrected chi connectivity index (χ3v) is 7.16. The van der Waals surface area contributed by atoms with Gasteiger partial charge in [0.2, 0.25) is 0 Å². The number of pyridine rings is 1. The highest BCUT2D eigenvalue weighted by Crippen LogP contribution is 2.44. The molecule has 0 amide bonds. The molecule has 0 unspecified atom stereocenters. The van der Waals surface area contributed by atoms with Crippen molar-refractivity contribution in [2.24, 2.45) is 0 Å². The number of fused-ring (bicyclic) bond motifs is 1. The maximum atomic E-state index is 12.6. The van der Waals surface area contributed by atoms with Crippen molar-refractivity contribution in [3.63, 3.8) is 0 Å². The second-order valence-corrected chi connectivity index (χ2v) is 9.48. The van der Waals surface area contributed by atoms with Crippen molar-refractivity contribution in [1.29, 1.82) is 0 Å². The summed E-state index contributed by atoms with van der Waals surface area (Å²) in [6.45, 7) is 1.96. The van der Waals surface area contributed by atoms with Gasteiger partial charge in [-0.3, -0.25) is 4.98 Å². The molecule has 0 aliphatic carbocycles. The molecule has 190 valence electrons. The molecule has 5 nitrogen and oxygen atoms in total. The average Bonchev–Trinajstić information content (AvgIpc) is 3.38. The predicted molar refractivity (Wildman–Crippen MR) is 154 cm³/mol. The van der Waals surface area contributed by atoms with Gasteiger partial charge in [0.05, 0.1) is 18.2 Å². The zero-order valence-electron chi connectivity index (χ0n) is 21.8. The Morgan fingerprint density at radius 2 is 1.31 bits per heavy atom. The third-order valence-electron chi connectivity index (χ3n) is 7.16. The molecule has 0 radical (unpaired) electrons. The molecular weight excluding hydrogens is 482 g/mol. The fourth-order valence-electron chi connectivity index (χ4n) is 5.43. The minimum Gasteiger partial charge on any atom is -0.465 e. The summed E-state index contributed by atoms with van der Waals surface area (Å²) >= 11 is 0. The van der Waals surface area contributed by atoms with Crippen molar-refractivity contribution in [3.8, 4) is 11.3 Å². The molecule has 0 saturated heterocycles. The summed E-state index contributed by atoms with van der Waals surface area (Å²) in [7, 11) is 1.40. The minimum atomic E-state index is -0.796. The Labute approximate surface area is 227 Å². The number of esters is 1. The summed E-state index contributed by atoms with van der Waals surface area (Å²) < 4.78 is 7.16. The van der Waals surface area contributed by atoms with Crippen LogP contribution in [0.3, 0.4) is 0 Å². The molecule has 0 fully saturated rings. The van der Waals surface area contributed by atoms with Gasteiger partial charge in [0, 0.05) is 22.8 Å². The molecule has 6 rings (SSSR count). The molecule has 39 heavy (non-hydrogen) atoms. The first-order valence-electron chi connectivity index (χ1n) is 12.8. The highest BCUT2D eigenvalue weighted by Gasteiger charge is 2.41. The lowest BCUT2D eigenvalue weighted by atomic mass is 9.77. The Kier molecular flexibility index (Phi) is 6.25. The fraction of sp³-hybridized carbons (Fsp3) is 0.0882. The molecule has 2 heterocycles. The molecule has 0 aliphatic heterocycles. The molecule has 0 spiro atoms. The fourth-order valence-corrected chi connectivity index (χ4v) is 5.43. The maximum absolute atomic E-state index is 12.6. The molecule has 0 atom stereocenters. The topological polar surface area (TPSA) is 57.0 Å². The number of nitrogens with zero attached hydrogens (tertiary/aromatic N) is 3. The van der Waals surface area contributed by atoms with Gasteiger partial charge in [0.15, 0.2) is 0 Å². The van der Waals surface area contributed by atoms with Crippen LogP contribution in [0.4, 0.5) is 0 Å². The highest BCUT2D eigenvalue weighted by atomic mass is 16.5. The number of benzene rings is 4. The SMILES string of the molecule is COC(=O)c1ccc2c(c1)c(-c1ccnc(C)c1)nn2C(c1ccccc1)(c1ccccc1)c1ccccc1. The Morgan fingerprint density at radius 3 is 1.82 bits per heavy atom. The summed E-state index contributed by atoms with van der Waals surface area (Å²) in [5.41, 5.74) is 6.37. The van der Waals surface area contributed by atoms with E-state index in [1.165, 1.54) is 7.11 Å². The summed E-state index contributed by atoms with van der Waals surface area (Å²) in [6.07, 6.45) is 1.79. The molecular formula is C34H27N3O2. The Balaban J connectivity index is 1.79. The van der Waals surface area contributed by atoms with Crippen molar-refractivity contribution in [1.82, 2.24) is 14.8 Å². The van der Waals surface area contributed by atoms with Gasteiger partial charge in [-0.15, -0.1) is 0 Å². The quantitative estimate of drug-likeness (QED) is 0.179. The van der Waals surface area contributed by atoms with Gasteiger partial charge in [-0.2, -0.15) is 5.10 Å². The lowest BCUT2D eigenvalue weighted by Crippen LogP contribution is -2.38. The van der Waals surface area contributed by atoms with E-state index < -0.39 is 5.54 Å². The summed E-state index contributed by atoms with van der Waals surface area (Å²) in [6, 6.07) is 40.9. The zero-order valence-corrected chi connectivity index (χ0v) is 21.8. The van der Waals surface area contributed by atoms with Crippen LogP contribution in [-0.4, -0.2) is 27.8 Å². The van der Waals surface area contributed by atoms with E-state index in [1.807, 2.05) is 49.4 Å². The van der Waals surface area contributed by atoms with E-state index in [9.17, 15) is 4.79 Å². The maximum Gasteiger partial charge on any atom is 0.337 e. The Hall–Kier alpha value is -5.03. The first-order chi connectivity index (χ1) is 19.1. The van der Waals surface area contributed by atoms with E-state index in [2.05, 4.69) is 82.5 Å². The summed E-state index contributed by atoms with van der Waals surface area (Å²) in [4.78, 5) is 17.0. The van der Waals surface area contributed by atoms with Crippen molar-refractivity contribution < 1.29 is 9.53 Å². The van der Waals surface area contributed by atoms with Crippen molar-refractivity contribution in [2.45, 2.75) is 12.5 Å². The Bertz CT molecular complexity index is 1660. The van der Waals surface area contributed by atoms with Gasteiger partial charge in [-0.1, -0.05) is 91.0 Å². The number of ether oxygens (including phenoxy) is 1. The van der Waals surface area contributed by atoms with Gasteiger partial charge >= 0.3 is 5.97 Å². The van der Waals surface area contributed by atoms with E-state index in [0.29, 0.717) is 5.56 Å². The van der Waals surface area contributed by atoms with Crippen molar-refractivity contribution in [3.05, 3.63) is 155 Å². The number of carbonyl (C=O) groups excluding carboxylic acids is 1. The van der Waals surface area contributed by atoms with E-state index in [0.717, 1.165) is 44.5 Å². The second-order valence-electron chi connectivity index (χ2n) is 9.48.